The van der Waals surface area contributed by atoms with Crippen LogP contribution in [-0.4, -0.2) is 18.6 Å². The van der Waals surface area contributed by atoms with Gasteiger partial charge in [-0.05, 0) is 50.3 Å². The van der Waals surface area contributed by atoms with Crippen LogP contribution < -0.4 is 10.6 Å². The van der Waals surface area contributed by atoms with E-state index in [1.807, 2.05) is 0 Å². The molecule has 1 aliphatic carbocycles. The first-order valence-corrected chi connectivity index (χ1v) is 8.05. The largest absolute Gasteiger partial charge is 0.380 e. The van der Waals surface area contributed by atoms with Crippen LogP contribution in [0.5, 0.6) is 0 Å². The predicted octanol–water partition coefficient (Wildman–Crippen LogP) is 4.47. The summed E-state index contributed by atoms with van der Waals surface area (Å²) < 4.78 is 13.2. The molecule has 1 heterocycles. The Balaban J connectivity index is 1.76. The Morgan fingerprint density at radius 2 is 1.85 bits per heavy atom. The fraction of sp³-hybridized carbons (Fsp3) is 0.600. The van der Waals surface area contributed by atoms with Gasteiger partial charge < -0.3 is 10.6 Å². The van der Waals surface area contributed by atoms with Crippen LogP contribution in [0.3, 0.4) is 0 Å². The van der Waals surface area contributed by atoms with Crippen molar-refractivity contribution in [1.82, 2.24) is 5.32 Å². The van der Waals surface area contributed by atoms with Crippen molar-refractivity contribution in [1.29, 1.82) is 0 Å². The normalized spacial score (nSPS) is 29.9. The maximum Gasteiger partial charge on any atom is 0.126 e. The number of hydrogen-bond acceptors (Lipinski definition) is 2. The quantitative estimate of drug-likeness (QED) is 0.860. The summed E-state index contributed by atoms with van der Waals surface area (Å²) in [6, 6.07) is 3.58. The molecule has 3 atom stereocenters. The molecular formula is C15H19Cl2FN2. The first-order chi connectivity index (χ1) is 9.65. The molecule has 2 nitrogen and oxygen atoms in total. The fourth-order valence-corrected chi connectivity index (χ4v) is 4.16. The molecule has 5 heteroatoms. The maximum atomic E-state index is 13.2. The van der Waals surface area contributed by atoms with Gasteiger partial charge in [-0.3, -0.25) is 0 Å². The lowest BCUT2D eigenvalue weighted by atomic mass is 9.93. The van der Waals surface area contributed by atoms with Gasteiger partial charge in [0.25, 0.3) is 0 Å². The molecule has 2 aliphatic rings. The Bertz CT molecular complexity index is 466. The van der Waals surface area contributed by atoms with Crippen molar-refractivity contribution in [3.8, 4) is 0 Å². The standard InChI is InChI=1S/C15H19Cl2FN2/c16-11-7-9(18)8-12(17)15(11)20-14-4-1-3-10(14)13-5-2-6-19-13/h7-8,10,13-14,19-20H,1-6H2. The zero-order chi connectivity index (χ0) is 14.1. The molecule has 3 unspecified atom stereocenters. The van der Waals surface area contributed by atoms with Crippen molar-refractivity contribution in [2.24, 2.45) is 5.92 Å². The van der Waals surface area contributed by atoms with Crippen molar-refractivity contribution in [3.63, 3.8) is 0 Å². The lowest BCUT2D eigenvalue weighted by Crippen LogP contribution is -2.38. The van der Waals surface area contributed by atoms with Gasteiger partial charge in [-0.15, -0.1) is 0 Å². The molecule has 0 aromatic heterocycles. The fourth-order valence-electron chi connectivity index (χ4n) is 3.59. The molecule has 1 saturated carbocycles. The Kier molecular flexibility index (Phi) is 4.39. The zero-order valence-corrected chi connectivity index (χ0v) is 12.8. The molecule has 1 aromatic rings. The summed E-state index contributed by atoms with van der Waals surface area (Å²) in [4.78, 5) is 0. The lowest BCUT2D eigenvalue weighted by molar-refractivity contribution is 0.376. The van der Waals surface area contributed by atoms with Crippen molar-refractivity contribution < 1.29 is 4.39 Å². The Labute approximate surface area is 129 Å². The van der Waals surface area contributed by atoms with E-state index in [0.29, 0.717) is 33.7 Å². The molecule has 3 rings (SSSR count). The summed E-state index contributed by atoms with van der Waals surface area (Å²) in [6.07, 6.45) is 6.06. The number of nitrogens with one attached hydrogen (secondary N) is 2. The smallest absolute Gasteiger partial charge is 0.126 e. The topological polar surface area (TPSA) is 24.1 Å². The molecule has 20 heavy (non-hydrogen) atoms. The second-order valence-electron chi connectivity index (χ2n) is 5.79. The van der Waals surface area contributed by atoms with E-state index in [-0.39, 0.29) is 0 Å². The van der Waals surface area contributed by atoms with Crippen LogP contribution >= 0.6 is 23.2 Å². The van der Waals surface area contributed by atoms with Gasteiger partial charge in [0.05, 0.1) is 15.7 Å². The van der Waals surface area contributed by atoms with Gasteiger partial charge >= 0.3 is 0 Å². The van der Waals surface area contributed by atoms with Crippen LogP contribution in [0.15, 0.2) is 12.1 Å². The first-order valence-electron chi connectivity index (χ1n) is 7.29. The van der Waals surface area contributed by atoms with Crippen molar-refractivity contribution in [2.45, 2.75) is 44.2 Å². The second-order valence-corrected chi connectivity index (χ2v) is 6.61. The van der Waals surface area contributed by atoms with Gasteiger partial charge in [-0.25, -0.2) is 4.39 Å². The van der Waals surface area contributed by atoms with E-state index in [9.17, 15) is 4.39 Å². The van der Waals surface area contributed by atoms with Crippen LogP contribution in [0.2, 0.25) is 10.0 Å². The van der Waals surface area contributed by atoms with E-state index in [1.54, 1.807) is 0 Å². The summed E-state index contributed by atoms with van der Waals surface area (Å²) >= 11 is 12.2. The van der Waals surface area contributed by atoms with Crippen molar-refractivity contribution in [2.75, 3.05) is 11.9 Å². The van der Waals surface area contributed by atoms with Gasteiger partial charge in [0.1, 0.15) is 5.82 Å². The number of rotatable bonds is 3. The van der Waals surface area contributed by atoms with Gasteiger partial charge in [-0.1, -0.05) is 29.6 Å². The van der Waals surface area contributed by atoms with Crippen LogP contribution in [0.25, 0.3) is 0 Å². The molecule has 0 amide bonds. The summed E-state index contributed by atoms with van der Waals surface area (Å²) in [6.45, 7) is 1.12. The summed E-state index contributed by atoms with van der Waals surface area (Å²) in [5.74, 6) is 0.209. The Morgan fingerprint density at radius 3 is 2.50 bits per heavy atom. The number of anilines is 1. The molecule has 0 spiro atoms. The van der Waals surface area contributed by atoms with E-state index in [1.165, 1.54) is 37.8 Å². The average molecular weight is 317 g/mol. The maximum absolute atomic E-state index is 13.2. The third kappa shape index (κ3) is 2.90. The summed E-state index contributed by atoms with van der Waals surface area (Å²) in [5.41, 5.74) is 0.671. The Hall–Kier alpha value is -0.510. The molecular weight excluding hydrogens is 298 g/mol. The van der Waals surface area contributed by atoms with Crippen LogP contribution in [0.1, 0.15) is 32.1 Å². The predicted molar refractivity (Wildman–Crippen MR) is 82.2 cm³/mol. The van der Waals surface area contributed by atoms with Crippen molar-refractivity contribution in [3.05, 3.63) is 28.0 Å². The number of benzene rings is 1. The molecule has 1 aliphatic heterocycles. The molecule has 2 fully saturated rings. The molecule has 1 saturated heterocycles. The number of hydrogen-bond donors (Lipinski definition) is 2. The van der Waals surface area contributed by atoms with E-state index in [4.69, 9.17) is 23.2 Å². The van der Waals surface area contributed by atoms with Gasteiger partial charge in [0, 0.05) is 12.1 Å². The minimum atomic E-state index is -0.397. The highest BCUT2D eigenvalue weighted by atomic mass is 35.5. The van der Waals surface area contributed by atoms with E-state index >= 15 is 0 Å². The average Bonchev–Trinajstić information content (AvgIpc) is 3.04. The van der Waals surface area contributed by atoms with E-state index < -0.39 is 5.82 Å². The first kappa shape index (κ1) is 14.4. The third-order valence-corrected chi connectivity index (χ3v) is 5.12. The third-order valence-electron chi connectivity index (χ3n) is 4.52. The minimum absolute atomic E-state index is 0.361. The van der Waals surface area contributed by atoms with Crippen molar-refractivity contribution >= 4 is 28.9 Å². The molecule has 2 N–H and O–H groups in total. The second kappa shape index (κ2) is 6.08. The van der Waals surface area contributed by atoms with Gasteiger partial charge in [0.2, 0.25) is 0 Å². The molecule has 0 bridgehead atoms. The molecule has 0 radical (unpaired) electrons. The SMILES string of the molecule is Fc1cc(Cl)c(NC2CCCC2C2CCCN2)c(Cl)c1. The molecule has 110 valence electrons. The van der Waals surface area contributed by atoms with Crippen LogP contribution in [-0.2, 0) is 0 Å². The highest BCUT2D eigenvalue weighted by molar-refractivity contribution is 6.39. The van der Waals surface area contributed by atoms with E-state index in [2.05, 4.69) is 10.6 Å². The Morgan fingerprint density at radius 1 is 1.10 bits per heavy atom. The van der Waals surface area contributed by atoms with E-state index in [0.717, 1.165) is 13.0 Å². The summed E-state index contributed by atoms with van der Waals surface area (Å²) in [5, 5.41) is 7.77. The highest BCUT2D eigenvalue weighted by Crippen LogP contribution is 2.38. The highest BCUT2D eigenvalue weighted by Gasteiger charge is 2.35. The lowest BCUT2D eigenvalue weighted by Gasteiger charge is -2.28. The monoisotopic (exact) mass is 316 g/mol. The zero-order valence-electron chi connectivity index (χ0n) is 11.3. The van der Waals surface area contributed by atoms with Crippen LogP contribution in [0, 0.1) is 11.7 Å². The minimum Gasteiger partial charge on any atom is -0.380 e. The molecule has 1 aromatic carbocycles. The van der Waals surface area contributed by atoms with Gasteiger partial charge in [-0.2, -0.15) is 0 Å². The summed E-state index contributed by atoms with van der Waals surface area (Å²) in [7, 11) is 0. The number of halogens is 3. The van der Waals surface area contributed by atoms with Crippen LogP contribution in [0.4, 0.5) is 10.1 Å². The van der Waals surface area contributed by atoms with Gasteiger partial charge in [0.15, 0.2) is 0 Å².